The van der Waals surface area contributed by atoms with Crippen LogP contribution in [0.25, 0.3) is 0 Å². The van der Waals surface area contributed by atoms with E-state index in [-0.39, 0.29) is 17.1 Å². The van der Waals surface area contributed by atoms with Crippen LogP contribution in [0.2, 0.25) is 0 Å². The number of aryl methyl sites for hydroxylation is 1. The van der Waals surface area contributed by atoms with E-state index in [4.69, 9.17) is 5.26 Å². The lowest BCUT2D eigenvalue weighted by Crippen LogP contribution is -2.45. The predicted octanol–water partition coefficient (Wildman–Crippen LogP) is 5.20. The second-order valence-electron chi connectivity index (χ2n) is 9.28. The van der Waals surface area contributed by atoms with Gasteiger partial charge in [0.25, 0.3) is 5.91 Å². The summed E-state index contributed by atoms with van der Waals surface area (Å²) in [6, 6.07) is 22.3. The summed E-state index contributed by atoms with van der Waals surface area (Å²) in [6.45, 7) is 5.17. The van der Waals surface area contributed by atoms with Gasteiger partial charge in [0, 0.05) is 29.8 Å². The first kappa shape index (κ1) is 21.4. The number of nitriles is 1. The fourth-order valence-corrected chi connectivity index (χ4v) is 5.18. The first-order valence-corrected chi connectivity index (χ1v) is 11.4. The van der Waals surface area contributed by atoms with Gasteiger partial charge in [0.05, 0.1) is 11.6 Å². The van der Waals surface area contributed by atoms with E-state index in [9.17, 15) is 9.18 Å². The molecular weight excluding hydrogens is 413 g/mol. The SMILES string of the molecule is Cc1ccc(C(=O)N2CC3(CCN(Cc4ccc(C#N)cc4)CC3)c3cc(F)ccc32)cc1. The van der Waals surface area contributed by atoms with E-state index in [1.165, 1.54) is 11.6 Å². The molecule has 0 bridgehead atoms. The van der Waals surface area contributed by atoms with Crippen molar-refractivity contribution in [3.63, 3.8) is 0 Å². The highest BCUT2D eigenvalue weighted by molar-refractivity contribution is 6.07. The van der Waals surface area contributed by atoms with Crippen LogP contribution < -0.4 is 4.90 Å². The zero-order chi connectivity index (χ0) is 23.0. The number of anilines is 1. The van der Waals surface area contributed by atoms with Crippen molar-refractivity contribution in [3.8, 4) is 6.07 Å². The largest absolute Gasteiger partial charge is 0.307 e. The first-order chi connectivity index (χ1) is 16.0. The number of hydrogen-bond donors (Lipinski definition) is 0. The minimum Gasteiger partial charge on any atom is -0.307 e. The Morgan fingerprint density at radius 3 is 2.39 bits per heavy atom. The summed E-state index contributed by atoms with van der Waals surface area (Å²) in [6.07, 6.45) is 1.74. The smallest absolute Gasteiger partial charge is 0.258 e. The van der Waals surface area contributed by atoms with Gasteiger partial charge in [-0.05, 0) is 86.4 Å². The molecule has 5 heteroatoms. The van der Waals surface area contributed by atoms with E-state index in [1.54, 1.807) is 12.1 Å². The van der Waals surface area contributed by atoms with Crippen molar-refractivity contribution in [2.45, 2.75) is 31.7 Å². The van der Waals surface area contributed by atoms with Gasteiger partial charge in [0.1, 0.15) is 5.82 Å². The maximum atomic E-state index is 14.3. The number of hydrogen-bond acceptors (Lipinski definition) is 3. The van der Waals surface area contributed by atoms with Gasteiger partial charge < -0.3 is 4.90 Å². The van der Waals surface area contributed by atoms with E-state index in [1.807, 2.05) is 60.4 Å². The van der Waals surface area contributed by atoms with Crippen molar-refractivity contribution in [1.29, 1.82) is 5.26 Å². The zero-order valence-electron chi connectivity index (χ0n) is 18.7. The average molecular weight is 440 g/mol. The van der Waals surface area contributed by atoms with Crippen LogP contribution in [-0.4, -0.2) is 30.4 Å². The topological polar surface area (TPSA) is 47.3 Å². The first-order valence-electron chi connectivity index (χ1n) is 11.4. The molecule has 3 aromatic rings. The molecule has 1 amide bonds. The fraction of sp³-hybridized carbons (Fsp3) is 0.286. The lowest BCUT2D eigenvalue weighted by Gasteiger charge is -2.40. The second kappa shape index (κ2) is 8.46. The second-order valence-corrected chi connectivity index (χ2v) is 9.28. The molecule has 3 aromatic carbocycles. The maximum absolute atomic E-state index is 14.3. The van der Waals surface area contributed by atoms with Gasteiger partial charge in [-0.25, -0.2) is 4.39 Å². The van der Waals surface area contributed by atoms with Crippen molar-refractivity contribution in [1.82, 2.24) is 4.90 Å². The molecule has 2 aliphatic heterocycles. The minimum absolute atomic E-state index is 0.0280. The van der Waals surface area contributed by atoms with Crippen LogP contribution >= 0.6 is 0 Å². The molecule has 1 saturated heterocycles. The monoisotopic (exact) mass is 439 g/mol. The average Bonchev–Trinajstić information content (AvgIpc) is 3.14. The molecule has 5 rings (SSSR count). The van der Waals surface area contributed by atoms with Crippen molar-refractivity contribution < 1.29 is 9.18 Å². The Bertz CT molecular complexity index is 1220. The van der Waals surface area contributed by atoms with Crippen molar-refractivity contribution in [2.75, 3.05) is 24.5 Å². The molecule has 166 valence electrons. The van der Waals surface area contributed by atoms with Crippen LogP contribution in [0.15, 0.2) is 66.7 Å². The quantitative estimate of drug-likeness (QED) is 0.564. The number of piperidine rings is 1. The number of halogens is 1. The van der Waals surface area contributed by atoms with Gasteiger partial charge in [-0.15, -0.1) is 0 Å². The molecule has 0 atom stereocenters. The van der Waals surface area contributed by atoms with E-state index in [0.29, 0.717) is 17.7 Å². The van der Waals surface area contributed by atoms with Crippen LogP contribution in [0, 0.1) is 24.1 Å². The Balaban J connectivity index is 1.36. The van der Waals surface area contributed by atoms with E-state index in [2.05, 4.69) is 11.0 Å². The molecule has 1 fully saturated rings. The number of benzene rings is 3. The summed E-state index contributed by atoms with van der Waals surface area (Å²) in [5.41, 5.74) is 5.19. The van der Waals surface area contributed by atoms with E-state index < -0.39 is 0 Å². The van der Waals surface area contributed by atoms with Crippen molar-refractivity contribution in [3.05, 3.63) is 100 Å². The van der Waals surface area contributed by atoms with Gasteiger partial charge in [0.15, 0.2) is 0 Å². The highest BCUT2D eigenvalue weighted by Gasteiger charge is 2.46. The van der Waals surface area contributed by atoms with Crippen LogP contribution in [0.3, 0.4) is 0 Å². The van der Waals surface area contributed by atoms with E-state index in [0.717, 1.165) is 49.3 Å². The number of rotatable bonds is 3. The summed E-state index contributed by atoms with van der Waals surface area (Å²) < 4.78 is 14.3. The Hall–Kier alpha value is -3.49. The fourth-order valence-electron chi connectivity index (χ4n) is 5.18. The molecule has 0 N–H and O–H groups in total. The molecule has 33 heavy (non-hydrogen) atoms. The normalized spacial score (nSPS) is 17.1. The number of amides is 1. The van der Waals surface area contributed by atoms with Crippen LogP contribution in [0.1, 0.15) is 45.5 Å². The number of fused-ring (bicyclic) bond motifs is 2. The van der Waals surface area contributed by atoms with Gasteiger partial charge in [-0.3, -0.25) is 9.69 Å². The van der Waals surface area contributed by atoms with Crippen molar-refractivity contribution in [2.24, 2.45) is 0 Å². The number of nitrogens with zero attached hydrogens (tertiary/aromatic N) is 3. The Kier molecular flexibility index (Phi) is 5.47. The highest BCUT2D eigenvalue weighted by atomic mass is 19.1. The number of likely N-dealkylation sites (tertiary alicyclic amines) is 1. The Morgan fingerprint density at radius 1 is 1.03 bits per heavy atom. The standard InChI is InChI=1S/C28H26FN3O/c1-20-2-8-23(9-3-20)27(33)32-19-28(25-16-24(29)10-11-26(25)32)12-14-31(15-13-28)18-22-6-4-21(17-30)5-7-22/h2-11,16H,12-15,18-19H2,1H3. The highest BCUT2D eigenvalue weighted by Crippen LogP contribution is 2.47. The summed E-state index contributed by atoms with van der Waals surface area (Å²) in [4.78, 5) is 17.6. The molecule has 4 nitrogen and oxygen atoms in total. The van der Waals surface area contributed by atoms with E-state index >= 15 is 0 Å². The summed E-state index contributed by atoms with van der Waals surface area (Å²) in [5.74, 6) is -0.280. The van der Waals surface area contributed by atoms with Gasteiger partial charge >= 0.3 is 0 Å². The van der Waals surface area contributed by atoms with Gasteiger partial charge in [0.2, 0.25) is 0 Å². The predicted molar refractivity (Wildman–Crippen MR) is 127 cm³/mol. The maximum Gasteiger partial charge on any atom is 0.258 e. The molecule has 0 aromatic heterocycles. The molecule has 2 aliphatic rings. The van der Waals surface area contributed by atoms with Crippen LogP contribution in [0.4, 0.5) is 10.1 Å². The number of carbonyl (C=O) groups excluding carboxylic acids is 1. The molecule has 2 heterocycles. The number of carbonyl (C=O) groups is 1. The molecule has 0 aliphatic carbocycles. The molecule has 0 saturated carbocycles. The third-order valence-corrected chi connectivity index (χ3v) is 7.13. The van der Waals surface area contributed by atoms with Crippen molar-refractivity contribution >= 4 is 11.6 Å². The molecule has 0 radical (unpaired) electrons. The summed E-state index contributed by atoms with van der Waals surface area (Å²) in [5, 5.41) is 9.00. The minimum atomic E-state index is -0.252. The third-order valence-electron chi connectivity index (χ3n) is 7.13. The van der Waals surface area contributed by atoms with Crippen LogP contribution in [-0.2, 0) is 12.0 Å². The molecule has 1 spiro atoms. The Morgan fingerprint density at radius 2 is 1.73 bits per heavy atom. The van der Waals surface area contributed by atoms with Gasteiger partial charge in [-0.2, -0.15) is 5.26 Å². The lowest BCUT2D eigenvalue weighted by atomic mass is 9.74. The lowest BCUT2D eigenvalue weighted by molar-refractivity contribution is 0.0975. The molecular formula is C28H26FN3O. The van der Waals surface area contributed by atoms with Gasteiger partial charge in [-0.1, -0.05) is 29.8 Å². The zero-order valence-corrected chi connectivity index (χ0v) is 18.7. The molecule has 0 unspecified atom stereocenters. The third kappa shape index (κ3) is 4.03. The summed E-state index contributed by atoms with van der Waals surface area (Å²) in [7, 11) is 0. The Labute approximate surface area is 193 Å². The van der Waals surface area contributed by atoms with Crippen LogP contribution in [0.5, 0.6) is 0 Å². The summed E-state index contributed by atoms with van der Waals surface area (Å²) >= 11 is 0.